The molecule has 204 valence electrons. The van der Waals surface area contributed by atoms with Crippen molar-refractivity contribution in [2.24, 2.45) is 10.4 Å². The summed E-state index contributed by atoms with van der Waals surface area (Å²) in [7, 11) is 0. The molecule has 0 bridgehead atoms. The molecule has 2 saturated heterocycles. The van der Waals surface area contributed by atoms with Crippen LogP contribution in [0.4, 0.5) is 0 Å². The predicted octanol–water partition coefficient (Wildman–Crippen LogP) is 5.94. The number of likely N-dealkylation sites (tertiary alicyclic amines) is 1. The van der Waals surface area contributed by atoms with Crippen molar-refractivity contribution >= 4 is 11.6 Å². The van der Waals surface area contributed by atoms with Crippen LogP contribution in [0.5, 0.6) is 0 Å². The lowest BCUT2D eigenvalue weighted by Gasteiger charge is -2.41. The van der Waals surface area contributed by atoms with Crippen LogP contribution in [0, 0.1) is 9.81 Å². The van der Waals surface area contributed by atoms with E-state index in [9.17, 15) is 9.81 Å². The molecular weight excluding hydrogens is 510 g/mol. The molecule has 0 aromatic heterocycles. The zero-order chi connectivity index (χ0) is 27.1. The van der Waals surface area contributed by atoms with Crippen LogP contribution in [-0.4, -0.2) is 73.1 Å². The molecule has 7 nitrogen and oxygen atoms in total. The molecule has 0 saturated carbocycles. The molecule has 0 amide bonds. The topological polar surface area (TPSA) is 68.6 Å². The molecule has 0 aliphatic carbocycles. The van der Waals surface area contributed by atoms with E-state index in [1.165, 1.54) is 11.1 Å². The molecule has 0 radical (unpaired) electrons. The van der Waals surface area contributed by atoms with Crippen molar-refractivity contribution in [1.82, 2.24) is 14.7 Å². The summed E-state index contributed by atoms with van der Waals surface area (Å²) in [5, 5.41) is 7.70. The Bertz CT molecular complexity index is 1160. The lowest BCUT2D eigenvalue weighted by Crippen LogP contribution is -2.51. The van der Waals surface area contributed by atoms with E-state index >= 15 is 0 Å². The van der Waals surface area contributed by atoms with E-state index in [-0.39, 0.29) is 12.1 Å². The first-order chi connectivity index (χ1) is 19.1. The predicted molar refractivity (Wildman–Crippen MR) is 157 cm³/mol. The fraction of sp³-hybridized carbons (Fsp3) is 0.419. The molecule has 2 heterocycles. The van der Waals surface area contributed by atoms with Crippen molar-refractivity contribution in [2.75, 3.05) is 52.4 Å². The molecule has 1 unspecified atom stereocenters. The van der Waals surface area contributed by atoms with Crippen molar-refractivity contribution < 1.29 is 0 Å². The number of hydrogen-bond donors (Lipinski definition) is 0. The van der Waals surface area contributed by atoms with Gasteiger partial charge in [-0.15, -0.1) is 4.91 Å². The summed E-state index contributed by atoms with van der Waals surface area (Å²) in [6, 6.07) is 28.7. The molecule has 1 atom stereocenters. The van der Waals surface area contributed by atoms with Gasteiger partial charge in [-0.3, -0.25) is 9.80 Å². The van der Waals surface area contributed by atoms with Gasteiger partial charge in [0.1, 0.15) is 11.6 Å². The zero-order valence-corrected chi connectivity index (χ0v) is 23.0. The standard InChI is InChI=1S/C31H36ClN5O2/c32-28-13-11-27(12-14-28)31(34-39)15-17-35(18-16-31)23-29(33-38)24-36-19-21-37(22-20-36)30(25-7-3-1-4-8-25)26-9-5-2-6-10-26/h1-14,29-30H,15-24H2. The number of rotatable bonds is 10. The Morgan fingerprint density at radius 3 is 1.69 bits per heavy atom. The summed E-state index contributed by atoms with van der Waals surface area (Å²) in [6.07, 6.45) is 1.26. The Kier molecular flexibility index (Phi) is 9.14. The molecule has 2 aliphatic heterocycles. The molecule has 0 spiro atoms. The second kappa shape index (κ2) is 12.9. The number of piperidine rings is 1. The number of nitrogens with zero attached hydrogens (tertiary/aromatic N) is 5. The van der Waals surface area contributed by atoms with Gasteiger partial charge in [0.25, 0.3) is 0 Å². The van der Waals surface area contributed by atoms with E-state index in [1.54, 1.807) is 0 Å². The van der Waals surface area contributed by atoms with Crippen LogP contribution in [-0.2, 0) is 5.54 Å². The minimum absolute atomic E-state index is 0.218. The van der Waals surface area contributed by atoms with E-state index in [4.69, 9.17) is 11.6 Å². The van der Waals surface area contributed by atoms with Gasteiger partial charge in [-0.05, 0) is 41.7 Å². The number of benzene rings is 3. The van der Waals surface area contributed by atoms with Gasteiger partial charge in [-0.25, -0.2) is 0 Å². The lowest BCUT2D eigenvalue weighted by molar-refractivity contribution is 0.0950. The highest BCUT2D eigenvalue weighted by atomic mass is 35.5. The van der Waals surface area contributed by atoms with Gasteiger partial charge in [-0.2, -0.15) is 4.91 Å². The largest absolute Gasteiger partial charge is 0.301 e. The second-order valence-corrected chi connectivity index (χ2v) is 11.2. The van der Waals surface area contributed by atoms with Crippen LogP contribution in [0.2, 0.25) is 5.02 Å². The Morgan fingerprint density at radius 2 is 1.21 bits per heavy atom. The van der Waals surface area contributed by atoms with Gasteiger partial charge in [0.15, 0.2) is 0 Å². The van der Waals surface area contributed by atoms with Gasteiger partial charge in [-0.1, -0.05) is 94.8 Å². The minimum Gasteiger partial charge on any atom is -0.301 e. The van der Waals surface area contributed by atoms with Crippen LogP contribution >= 0.6 is 11.6 Å². The molecule has 2 aliphatic rings. The highest BCUT2D eigenvalue weighted by Crippen LogP contribution is 2.37. The van der Waals surface area contributed by atoms with Crippen molar-refractivity contribution in [3.8, 4) is 0 Å². The molecule has 2 fully saturated rings. The normalized spacial score (nSPS) is 19.5. The third-order valence-corrected chi connectivity index (χ3v) is 8.58. The van der Waals surface area contributed by atoms with E-state index in [0.717, 1.165) is 31.7 Å². The summed E-state index contributed by atoms with van der Waals surface area (Å²) in [5.41, 5.74) is 2.78. The third-order valence-electron chi connectivity index (χ3n) is 8.33. The Hall–Kier alpha value is -2.97. The maximum atomic E-state index is 11.9. The highest BCUT2D eigenvalue weighted by Gasteiger charge is 2.38. The van der Waals surface area contributed by atoms with Crippen molar-refractivity contribution in [1.29, 1.82) is 0 Å². The first-order valence-electron chi connectivity index (χ1n) is 13.8. The monoisotopic (exact) mass is 545 g/mol. The number of hydrogen-bond acceptors (Lipinski definition) is 7. The summed E-state index contributed by atoms with van der Waals surface area (Å²) in [5.74, 6) is 0. The van der Waals surface area contributed by atoms with Crippen molar-refractivity contribution in [3.05, 3.63) is 116 Å². The fourth-order valence-corrected chi connectivity index (χ4v) is 6.23. The van der Waals surface area contributed by atoms with Gasteiger partial charge in [0.2, 0.25) is 0 Å². The number of halogens is 1. The Balaban J connectivity index is 1.15. The van der Waals surface area contributed by atoms with Crippen LogP contribution in [0.3, 0.4) is 0 Å². The van der Waals surface area contributed by atoms with E-state index in [1.807, 2.05) is 24.3 Å². The van der Waals surface area contributed by atoms with Gasteiger partial charge >= 0.3 is 0 Å². The number of piperazine rings is 1. The molecule has 5 rings (SSSR count). The number of nitroso groups, excluding NO2 is 2. The highest BCUT2D eigenvalue weighted by molar-refractivity contribution is 6.30. The van der Waals surface area contributed by atoms with E-state index < -0.39 is 5.54 Å². The average molecular weight is 546 g/mol. The minimum atomic E-state index is -0.727. The smallest absolute Gasteiger partial charge is 0.130 e. The first-order valence-corrected chi connectivity index (χ1v) is 14.2. The van der Waals surface area contributed by atoms with Crippen molar-refractivity contribution in [3.63, 3.8) is 0 Å². The third kappa shape index (κ3) is 6.61. The summed E-state index contributed by atoms with van der Waals surface area (Å²) in [6.45, 7) is 6.35. The molecule has 3 aromatic rings. The van der Waals surface area contributed by atoms with Crippen LogP contribution < -0.4 is 0 Å². The maximum Gasteiger partial charge on any atom is 0.130 e. The average Bonchev–Trinajstić information content (AvgIpc) is 3.00. The Labute approximate surface area is 235 Å². The van der Waals surface area contributed by atoms with Gasteiger partial charge in [0, 0.05) is 57.4 Å². The second-order valence-electron chi connectivity index (χ2n) is 10.8. The van der Waals surface area contributed by atoms with Crippen LogP contribution in [0.25, 0.3) is 0 Å². The fourth-order valence-electron chi connectivity index (χ4n) is 6.11. The quantitative estimate of drug-likeness (QED) is 0.295. The summed E-state index contributed by atoms with van der Waals surface area (Å²) in [4.78, 5) is 30.9. The van der Waals surface area contributed by atoms with Gasteiger partial charge < -0.3 is 4.90 Å². The van der Waals surface area contributed by atoms with E-state index in [0.29, 0.717) is 44.0 Å². The molecule has 3 aromatic carbocycles. The summed E-state index contributed by atoms with van der Waals surface area (Å²) < 4.78 is 0. The zero-order valence-electron chi connectivity index (χ0n) is 22.2. The maximum absolute atomic E-state index is 11.9. The van der Waals surface area contributed by atoms with Crippen LogP contribution in [0.1, 0.15) is 35.6 Å². The Morgan fingerprint density at radius 1 is 0.692 bits per heavy atom. The first kappa shape index (κ1) is 27.6. The van der Waals surface area contributed by atoms with E-state index in [2.05, 4.69) is 85.7 Å². The SMILES string of the molecule is O=NC(CN1CCN(C(c2ccccc2)c2ccccc2)CC1)CN1CCC(N=O)(c2ccc(Cl)cc2)CC1. The molecule has 39 heavy (non-hydrogen) atoms. The molecule has 8 heteroatoms. The van der Waals surface area contributed by atoms with Crippen LogP contribution in [0.15, 0.2) is 95.3 Å². The van der Waals surface area contributed by atoms with Crippen molar-refractivity contribution in [2.45, 2.75) is 30.5 Å². The molecular formula is C31H36ClN5O2. The summed E-state index contributed by atoms with van der Waals surface area (Å²) >= 11 is 6.03. The molecule has 0 N–H and O–H groups in total. The lowest BCUT2D eigenvalue weighted by atomic mass is 9.81. The van der Waals surface area contributed by atoms with Gasteiger partial charge in [0.05, 0.1) is 6.04 Å².